The van der Waals surface area contributed by atoms with Gasteiger partial charge in [0.05, 0.1) is 0 Å². The molecule has 0 radical (unpaired) electrons. The van der Waals surface area contributed by atoms with E-state index < -0.39 is 0 Å². The minimum Gasteiger partial charge on any atom is -0.0845 e. The summed E-state index contributed by atoms with van der Waals surface area (Å²) in [5, 5.41) is 0. The highest BCUT2D eigenvalue weighted by Gasteiger charge is 1.97. The molecule has 0 aromatic carbocycles. The lowest BCUT2D eigenvalue weighted by Gasteiger charge is -2.06. The number of allylic oxidation sites excluding steroid dienone is 4. The van der Waals surface area contributed by atoms with Gasteiger partial charge in [0, 0.05) is 0 Å². The van der Waals surface area contributed by atoms with Crippen molar-refractivity contribution in [2.75, 3.05) is 0 Å². The van der Waals surface area contributed by atoms with Crippen LogP contribution in [0.15, 0.2) is 23.8 Å². The predicted octanol–water partition coefficient (Wildman–Crippen LogP) is 4.34. The van der Waals surface area contributed by atoms with Crippen LogP contribution in [0.1, 0.15) is 47.0 Å². The largest absolute Gasteiger partial charge is 0.0845 e. The Morgan fingerprint density at radius 1 is 1.33 bits per heavy atom. The highest BCUT2D eigenvalue weighted by molar-refractivity contribution is 5.12. The van der Waals surface area contributed by atoms with Crippen LogP contribution in [-0.4, -0.2) is 0 Å². The van der Waals surface area contributed by atoms with Gasteiger partial charge in [0.25, 0.3) is 0 Å². The molecule has 0 aliphatic carbocycles. The Morgan fingerprint density at radius 2 is 2.00 bits per heavy atom. The van der Waals surface area contributed by atoms with E-state index in [1.807, 2.05) is 0 Å². The molecule has 0 fully saturated rings. The van der Waals surface area contributed by atoms with Gasteiger partial charge in [-0.3, -0.25) is 0 Å². The van der Waals surface area contributed by atoms with Crippen molar-refractivity contribution in [2.45, 2.75) is 47.0 Å². The van der Waals surface area contributed by atoms with Gasteiger partial charge in [-0.2, -0.15) is 0 Å². The molecule has 0 spiro atoms. The smallest absolute Gasteiger partial charge is 0.0234 e. The summed E-state index contributed by atoms with van der Waals surface area (Å²) in [7, 11) is 0. The van der Waals surface area contributed by atoms with Crippen LogP contribution in [0.2, 0.25) is 0 Å². The Morgan fingerprint density at radius 3 is 2.50 bits per heavy atom. The van der Waals surface area contributed by atoms with Crippen LogP contribution in [0.5, 0.6) is 0 Å². The fourth-order valence-electron chi connectivity index (χ4n) is 0.969. The van der Waals surface area contributed by atoms with E-state index in [1.54, 1.807) is 0 Å². The van der Waals surface area contributed by atoms with Crippen LogP contribution in [0.25, 0.3) is 0 Å². The lowest BCUT2D eigenvalue weighted by atomic mass is 10.00. The monoisotopic (exact) mass is 166 g/mol. The van der Waals surface area contributed by atoms with Crippen LogP contribution in [0.4, 0.5) is 0 Å². The Bertz CT molecular complexity index is 151. The quantitative estimate of drug-likeness (QED) is 0.533. The van der Waals surface area contributed by atoms with Gasteiger partial charge in [-0.1, -0.05) is 51.0 Å². The van der Waals surface area contributed by atoms with Crippen LogP contribution in [0.3, 0.4) is 0 Å². The van der Waals surface area contributed by atoms with Crippen molar-refractivity contribution >= 4 is 0 Å². The van der Waals surface area contributed by atoms with Crippen molar-refractivity contribution in [1.29, 1.82) is 0 Å². The van der Waals surface area contributed by atoms with Crippen LogP contribution in [0, 0.1) is 5.92 Å². The number of rotatable bonds is 5. The van der Waals surface area contributed by atoms with E-state index in [0.29, 0.717) is 0 Å². The topological polar surface area (TPSA) is 0 Å². The molecule has 0 aromatic heterocycles. The van der Waals surface area contributed by atoms with Gasteiger partial charge in [0.15, 0.2) is 0 Å². The first kappa shape index (κ1) is 11.5. The van der Waals surface area contributed by atoms with Gasteiger partial charge in [-0.15, -0.1) is 0 Å². The zero-order chi connectivity index (χ0) is 9.40. The molecule has 0 heteroatoms. The molecule has 0 saturated heterocycles. The summed E-state index contributed by atoms with van der Waals surface area (Å²) >= 11 is 0. The maximum atomic E-state index is 2.28. The maximum absolute atomic E-state index is 2.28. The average Bonchev–Trinajstić information content (AvgIpc) is 2.10. The van der Waals surface area contributed by atoms with Gasteiger partial charge in [0.2, 0.25) is 0 Å². The molecule has 0 nitrogen and oxygen atoms in total. The Hall–Kier alpha value is -0.520. The highest BCUT2D eigenvalue weighted by Crippen LogP contribution is 2.12. The molecule has 0 bridgehead atoms. The molecular weight excluding hydrogens is 144 g/mol. The van der Waals surface area contributed by atoms with Gasteiger partial charge >= 0.3 is 0 Å². The Balaban J connectivity index is 3.82. The summed E-state index contributed by atoms with van der Waals surface area (Å²) < 4.78 is 0. The zero-order valence-electron chi connectivity index (χ0n) is 8.93. The summed E-state index contributed by atoms with van der Waals surface area (Å²) in [6.45, 7) is 8.93. The molecule has 0 aromatic rings. The van der Waals surface area contributed by atoms with Gasteiger partial charge < -0.3 is 0 Å². The van der Waals surface area contributed by atoms with Crippen LogP contribution < -0.4 is 0 Å². The lowest BCUT2D eigenvalue weighted by Crippen LogP contribution is -1.92. The van der Waals surface area contributed by atoms with E-state index >= 15 is 0 Å². The van der Waals surface area contributed by atoms with Crippen molar-refractivity contribution in [1.82, 2.24) is 0 Å². The van der Waals surface area contributed by atoms with E-state index in [9.17, 15) is 0 Å². The molecule has 1 atom stereocenters. The van der Waals surface area contributed by atoms with E-state index in [0.717, 1.165) is 5.92 Å². The van der Waals surface area contributed by atoms with Crippen LogP contribution >= 0.6 is 0 Å². The molecule has 1 unspecified atom stereocenters. The third-order valence-corrected chi connectivity index (χ3v) is 2.34. The second kappa shape index (κ2) is 7.15. The summed E-state index contributed by atoms with van der Waals surface area (Å²) in [5.74, 6) is 0.733. The van der Waals surface area contributed by atoms with E-state index in [4.69, 9.17) is 0 Å². The second-order valence-corrected chi connectivity index (χ2v) is 3.44. The maximum Gasteiger partial charge on any atom is -0.0234 e. The lowest BCUT2D eigenvalue weighted by molar-refractivity contribution is 0.655. The van der Waals surface area contributed by atoms with Crippen molar-refractivity contribution in [3.63, 3.8) is 0 Å². The Labute approximate surface area is 77.4 Å². The first-order valence-electron chi connectivity index (χ1n) is 5.05. The summed E-state index contributed by atoms with van der Waals surface area (Å²) in [6, 6.07) is 0. The normalized spacial score (nSPS) is 15.5. The number of hydrogen-bond acceptors (Lipinski definition) is 0. The highest BCUT2D eigenvalue weighted by atomic mass is 14.0. The van der Waals surface area contributed by atoms with Crippen LogP contribution in [-0.2, 0) is 0 Å². The van der Waals surface area contributed by atoms with Crippen molar-refractivity contribution in [2.24, 2.45) is 5.92 Å². The second-order valence-electron chi connectivity index (χ2n) is 3.44. The summed E-state index contributed by atoms with van der Waals surface area (Å²) in [5.41, 5.74) is 1.49. The first-order valence-corrected chi connectivity index (χ1v) is 5.05. The third-order valence-electron chi connectivity index (χ3n) is 2.34. The number of unbranched alkanes of at least 4 members (excludes halogenated alkanes) is 1. The zero-order valence-corrected chi connectivity index (χ0v) is 8.93. The number of hydrogen-bond donors (Lipinski definition) is 0. The van der Waals surface area contributed by atoms with E-state index in [1.165, 1.54) is 24.8 Å². The molecule has 0 N–H and O–H groups in total. The molecule has 0 amide bonds. The van der Waals surface area contributed by atoms with Crippen molar-refractivity contribution < 1.29 is 0 Å². The summed E-state index contributed by atoms with van der Waals surface area (Å²) in [4.78, 5) is 0. The average molecular weight is 166 g/mol. The summed E-state index contributed by atoms with van der Waals surface area (Å²) in [6.07, 6.45) is 10.3. The fourth-order valence-corrected chi connectivity index (χ4v) is 0.969. The van der Waals surface area contributed by atoms with Crippen molar-refractivity contribution in [3.05, 3.63) is 23.8 Å². The predicted molar refractivity (Wildman–Crippen MR) is 57.3 cm³/mol. The van der Waals surface area contributed by atoms with Gasteiger partial charge in [-0.05, 0) is 25.7 Å². The molecule has 0 saturated carbocycles. The minimum absolute atomic E-state index is 0.733. The molecule has 70 valence electrons. The van der Waals surface area contributed by atoms with E-state index in [2.05, 4.69) is 45.9 Å². The van der Waals surface area contributed by atoms with E-state index in [-0.39, 0.29) is 0 Å². The standard InChI is InChI=1S/C12H22/c1-5-7-8-9-10-12(4)11(3)6-2/h8-11H,5-7H2,1-4H3. The molecule has 0 heterocycles. The first-order chi connectivity index (χ1) is 5.72. The molecular formula is C12H22. The minimum atomic E-state index is 0.733. The fraction of sp³-hybridized carbons (Fsp3) is 0.667. The van der Waals surface area contributed by atoms with Gasteiger partial charge in [-0.25, -0.2) is 0 Å². The molecule has 0 aliphatic heterocycles. The molecule has 0 aliphatic rings. The molecule has 0 rings (SSSR count). The Kier molecular flexibility index (Phi) is 6.84. The third kappa shape index (κ3) is 5.17. The van der Waals surface area contributed by atoms with Gasteiger partial charge in [0.1, 0.15) is 0 Å². The molecule has 12 heavy (non-hydrogen) atoms. The van der Waals surface area contributed by atoms with Crippen molar-refractivity contribution in [3.8, 4) is 0 Å². The SMILES string of the molecule is CCCC=CC=C(C)C(C)CC.